The molecule has 3 aromatic rings. The average molecular weight is 247 g/mol. The van der Waals surface area contributed by atoms with Gasteiger partial charge in [0, 0.05) is 16.8 Å². The quantitative estimate of drug-likeness (QED) is 0.692. The summed E-state index contributed by atoms with van der Waals surface area (Å²) in [6, 6.07) is 5.85. The number of methoxy groups -OCH3 is 1. The molecule has 0 bridgehead atoms. The molecule has 1 aromatic heterocycles. The number of benzene rings is 2. The number of hydrogen-bond acceptors (Lipinski definition) is 1. The molecule has 2 nitrogen and oxygen atoms in total. The molecular weight excluding hydrogens is 236 g/mol. The van der Waals surface area contributed by atoms with E-state index in [9.17, 15) is 8.78 Å². The summed E-state index contributed by atoms with van der Waals surface area (Å²) in [6.45, 7) is 1.90. The summed E-state index contributed by atoms with van der Waals surface area (Å²) in [5, 5.41) is 1.09. The van der Waals surface area contributed by atoms with Gasteiger partial charge in [-0.25, -0.2) is 8.78 Å². The van der Waals surface area contributed by atoms with Crippen LogP contribution in [0.4, 0.5) is 8.78 Å². The number of aryl methyl sites for hydroxylation is 1. The SMILES string of the molecule is COc1c(C)ccc2c1[nH]c1cc(F)cc(F)c12. The van der Waals surface area contributed by atoms with E-state index in [0.717, 1.165) is 11.6 Å². The second-order valence-corrected chi connectivity index (χ2v) is 4.27. The van der Waals surface area contributed by atoms with E-state index in [1.807, 2.05) is 19.1 Å². The molecule has 4 heteroatoms. The Hall–Kier alpha value is -2.10. The molecular formula is C14H11F2NO. The first-order valence-electron chi connectivity index (χ1n) is 5.56. The zero-order chi connectivity index (χ0) is 12.9. The fraction of sp³-hybridized carbons (Fsp3) is 0.143. The van der Waals surface area contributed by atoms with Crippen molar-refractivity contribution in [2.75, 3.05) is 7.11 Å². The van der Waals surface area contributed by atoms with Crippen LogP contribution in [0.15, 0.2) is 24.3 Å². The van der Waals surface area contributed by atoms with Crippen LogP contribution < -0.4 is 4.74 Å². The van der Waals surface area contributed by atoms with Crippen LogP contribution >= 0.6 is 0 Å². The predicted octanol–water partition coefficient (Wildman–Crippen LogP) is 3.92. The first kappa shape index (κ1) is 11.0. The van der Waals surface area contributed by atoms with Crippen molar-refractivity contribution < 1.29 is 13.5 Å². The molecule has 18 heavy (non-hydrogen) atoms. The second kappa shape index (κ2) is 3.70. The van der Waals surface area contributed by atoms with Crippen molar-refractivity contribution in [1.29, 1.82) is 0 Å². The van der Waals surface area contributed by atoms with Crippen molar-refractivity contribution in [1.82, 2.24) is 4.98 Å². The zero-order valence-corrected chi connectivity index (χ0v) is 9.97. The molecule has 0 spiro atoms. The van der Waals surface area contributed by atoms with Crippen molar-refractivity contribution in [3.05, 3.63) is 41.5 Å². The lowest BCUT2D eigenvalue weighted by atomic mass is 10.1. The van der Waals surface area contributed by atoms with E-state index < -0.39 is 11.6 Å². The van der Waals surface area contributed by atoms with Crippen LogP contribution in [-0.4, -0.2) is 12.1 Å². The number of nitrogens with one attached hydrogen (secondary N) is 1. The molecule has 0 radical (unpaired) electrons. The van der Waals surface area contributed by atoms with Crippen molar-refractivity contribution in [3.63, 3.8) is 0 Å². The maximum absolute atomic E-state index is 13.8. The molecule has 0 unspecified atom stereocenters. The number of aromatic amines is 1. The molecule has 0 saturated carbocycles. The highest BCUT2D eigenvalue weighted by Gasteiger charge is 2.14. The minimum Gasteiger partial charge on any atom is -0.494 e. The van der Waals surface area contributed by atoms with E-state index in [-0.39, 0.29) is 0 Å². The number of H-pyrrole nitrogens is 1. The zero-order valence-electron chi connectivity index (χ0n) is 9.97. The Morgan fingerprint density at radius 1 is 1.17 bits per heavy atom. The lowest BCUT2D eigenvalue weighted by molar-refractivity contribution is 0.416. The van der Waals surface area contributed by atoms with Gasteiger partial charge in [-0.05, 0) is 18.6 Å². The van der Waals surface area contributed by atoms with E-state index in [0.29, 0.717) is 27.6 Å². The van der Waals surface area contributed by atoms with Gasteiger partial charge in [0.15, 0.2) is 0 Å². The van der Waals surface area contributed by atoms with Gasteiger partial charge in [-0.3, -0.25) is 0 Å². The van der Waals surface area contributed by atoms with Gasteiger partial charge in [-0.15, -0.1) is 0 Å². The Bertz CT molecular complexity index is 761. The standard InChI is InChI=1S/C14H11F2NO/c1-7-3-4-9-12-10(16)5-8(15)6-11(12)17-13(9)14(7)18-2/h3-6,17H,1-2H3. The third-order valence-electron chi connectivity index (χ3n) is 3.14. The van der Waals surface area contributed by atoms with Gasteiger partial charge in [0.25, 0.3) is 0 Å². The summed E-state index contributed by atoms with van der Waals surface area (Å²) < 4.78 is 32.4. The fourth-order valence-electron chi connectivity index (χ4n) is 2.36. The Kier molecular flexibility index (Phi) is 2.26. The normalized spacial score (nSPS) is 11.3. The summed E-state index contributed by atoms with van der Waals surface area (Å²) in [5.41, 5.74) is 2.07. The molecule has 0 atom stereocenters. The van der Waals surface area contributed by atoms with Gasteiger partial charge in [0.1, 0.15) is 17.4 Å². The number of fused-ring (bicyclic) bond motifs is 3. The lowest BCUT2D eigenvalue weighted by Gasteiger charge is -2.05. The molecule has 0 amide bonds. The number of hydrogen-bond donors (Lipinski definition) is 1. The highest BCUT2D eigenvalue weighted by Crippen LogP contribution is 2.35. The predicted molar refractivity (Wildman–Crippen MR) is 67.0 cm³/mol. The molecule has 0 aliphatic rings. The van der Waals surface area contributed by atoms with Crippen LogP contribution in [0.3, 0.4) is 0 Å². The van der Waals surface area contributed by atoms with E-state index in [4.69, 9.17) is 4.74 Å². The smallest absolute Gasteiger partial charge is 0.145 e. The molecule has 2 aromatic carbocycles. The maximum Gasteiger partial charge on any atom is 0.145 e. The van der Waals surface area contributed by atoms with Crippen molar-refractivity contribution in [2.45, 2.75) is 6.92 Å². The first-order valence-corrected chi connectivity index (χ1v) is 5.56. The molecule has 3 rings (SSSR count). The maximum atomic E-state index is 13.8. The Balaban J connectivity index is 2.55. The van der Waals surface area contributed by atoms with Crippen LogP contribution in [0.2, 0.25) is 0 Å². The van der Waals surface area contributed by atoms with Crippen molar-refractivity contribution >= 4 is 21.8 Å². The number of rotatable bonds is 1. The van der Waals surface area contributed by atoms with Gasteiger partial charge >= 0.3 is 0 Å². The summed E-state index contributed by atoms with van der Waals surface area (Å²) in [6.07, 6.45) is 0. The summed E-state index contributed by atoms with van der Waals surface area (Å²) in [5.74, 6) is -0.507. The number of aromatic nitrogens is 1. The molecule has 0 aliphatic heterocycles. The lowest BCUT2D eigenvalue weighted by Crippen LogP contribution is -1.87. The molecule has 1 heterocycles. The summed E-state index contributed by atoms with van der Waals surface area (Å²) in [4.78, 5) is 3.02. The number of halogens is 2. The van der Waals surface area contributed by atoms with Gasteiger partial charge < -0.3 is 9.72 Å². The van der Waals surface area contributed by atoms with E-state index >= 15 is 0 Å². The summed E-state index contributed by atoms with van der Waals surface area (Å²) in [7, 11) is 1.56. The Morgan fingerprint density at radius 2 is 1.94 bits per heavy atom. The third-order valence-corrected chi connectivity index (χ3v) is 3.14. The van der Waals surface area contributed by atoms with Crippen LogP contribution in [0.25, 0.3) is 21.8 Å². The minimum absolute atomic E-state index is 0.393. The van der Waals surface area contributed by atoms with Gasteiger partial charge in [0.2, 0.25) is 0 Å². The first-order chi connectivity index (χ1) is 8.61. The van der Waals surface area contributed by atoms with Crippen LogP contribution in [0, 0.1) is 18.6 Å². The fourth-order valence-corrected chi connectivity index (χ4v) is 2.36. The van der Waals surface area contributed by atoms with Crippen molar-refractivity contribution in [2.24, 2.45) is 0 Å². The average Bonchev–Trinajstić information content (AvgIpc) is 2.66. The third kappa shape index (κ3) is 1.38. The van der Waals surface area contributed by atoms with Crippen LogP contribution in [0.1, 0.15) is 5.56 Å². The molecule has 1 N–H and O–H groups in total. The van der Waals surface area contributed by atoms with E-state index in [1.54, 1.807) is 7.11 Å². The summed E-state index contributed by atoms with van der Waals surface area (Å²) >= 11 is 0. The second-order valence-electron chi connectivity index (χ2n) is 4.27. The molecule has 0 fully saturated rings. The topological polar surface area (TPSA) is 25.0 Å². The number of ether oxygens (including phenoxy) is 1. The Labute approximate surface area is 102 Å². The molecule has 0 saturated heterocycles. The molecule has 92 valence electrons. The van der Waals surface area contributed by atoms with Crippen LogP contribution in [0.5, 0.6) is 5.75 Å². The largest absolute Gasteiger partial charge is 0.494 e. The van der Waals surface area contributed by atoms with E-state index in [1.165, 1.54) is 6.07 Å². The monoisotopic (exact) mass is 247 g/mol. The van der Waals surface area contributed by atoms with Gasteiger partial charge in [-0.1, -0.05) is 12.1 Å². The van der Waals surface area contributed by atoms with Gasteiger partial charge in [0.05, 0.1) is 18.1 Å². The molecule has 0 aliphatic carbocycles. The van der Waals surface area contributed by atoms with E-state index in [2.05, 4.69) is 4.98 Å². The highest BCUT2D eigenvalue weighted by atomic mass is 19.1. The highest BCUT2D eigenvalue weighted by molar-refractivity contribution is 6.09. The van der Waals surface area contributed by atoms with Crippen molar-refractivity contribution in [3.8, 4) is 5.75 Å². The van der Waals surface area contributed by atoms with Crippen LogP contribution in [-0.2, 0) is 0 Å². The minimum atomic E-state index is -0.595. The van der Waals surface area contributed by atoms with Gasteiger partial charge in [-0.2, -0.15) is 0 Å². The Morgan fingerprint density at radius 3 is 2.67 bits per heavy atom.